The predicted octanol–water partition coefficient (Wildman–Crippen LogP) is 5.69. The van der Waals surface area contributed by atoms with Crippen molar-refractivity contribution in [1.82, 2.24) is 15.5 Å². The minimum absolute atomic E-state index is 0.0409. The molecule has 8 heteroatoms. The quantitative estimate of drug-likeness (QED) is 0.257. The van der Waals surface area contributed by atoms with Gasteiger partial charge in [-0.25, -0.2) is 0 Å². The molecule has 0 saturated heterocycles. The molecule has 5 rings (SSSR count). The van der Waals surface area contributed by atoms with Crippen molar-refractivity contribution in [3.63, 3.8) is 0 Å². The molecule has 1 saturated carbocycles. The summed E-state index contributed by atoms with van der Waals surface area (Å²) in [6.07, 6.45) is 4.54. The number of nitrogens with one attached hydrogen (secondary N) is 2. The highest BCUT2D eigenvalue weighted by Crippen LogP contribution is 2.40. The fourth-order valence-electron chi connectivity index (χ4n) is 4.99. The summed E-state index contributed by atoms with van der Waals surface area (Å²) in [6, 6.07) is 18.2. The van der Waals surface area contributed by atoms with Crippen LogP contribution in [0.25, 0.3) is 22.0 Å². The van der Waals surface area contributed by atoms with Gasteiger partial charge in [-0.15, -0.1) is 11.3 Å². The maximum absolute atomic E-state index is 13.3. The van der Waals surface area contributed by atoms with Gasteiger partial charge in [-0.05, 0) is 73.9 Å². The smallest absolute Gasteiger partial charge is 0.223 e. The molecular formula is C27H30ClN5OS. The Bertz CT molecular complexity index is 1310. The molecule has 1 aliphatic carbocycles. The summed E-state index contributed by atoms with van der Waals surface area (Å²) in [5.74, 6) is 1.19. The molecule has 2 aromatic heterocycles. The van der Waals surface area contributed by atoms with E-state index in [9.17, 15) is 4.79 Å². The number of halogens is 1. The summed E-state index contributed by atoms with van der Waals surface area (Å²) < 4.78 is 0.697. The number of benzene rings is 2. The van der Waals surface area contributed by atoms with Crippen LogP contribution in [0.2, 0.25) is 4.34 Å². The number of hydrogen-bond acceptors (Lipinski definition) is 5. The van der Waals surface area contributed by atoms with Gasteiger partial charge < -0.3 is 16.8 Å². The van der Waals surface area contributed by atoms with Crippen LogP contribution in [-0.4, -0.2) is 22.6 Å². The summed E-state index contributed by atoms with van der Waals surface area (Å²) in [4.78, 5) is 14.3. The second-order valence-corrected chi connectivity index (χ2v) is 11.1. The van der Waals surface area contributed by atoms with Gasteiger partial charge >= 0.3 is 0 Å². The van der Waals surface area contributed by atoms with Crippen molar-refractivity contribution >= 4 is 45.6 Å². The number of nitrogen functional groups attached to an aromatic ring is 1. The van der Waals surface area contributed by atoms with Crippen LogP contribution in [0.3, 0.4) is 0 Å². The van der Waals surface area contributed by atoms with Crippen LogP contribution in [0, 0.1) is 11.8 Å². The lowest BCUT2D eigenvalue weighted by atomic mass is 9.81. The van der Waals surface area contributed by atoms with Gasteiger partial charge in [0.2, 0.25) is 5.91 Å². The minimum Gasteiger partial charge on any atom is -0.382 e. The largest absolute Gasteiger partial charge is 0.382 e. The number of aromatic nitrogens is 2. The number of nitrogens with zero attached hydrogens (tertiary/aromatic N) is 1. The number of H-pyrrole nitrogens is 1. The average Bonchev–Trinajstić information content (AvgIpc) is 3.46. The standard InChI is InChI=1S/C27H30ClN5OS/c28-25-21(19-10-11-20-22(13-19)32-33-26(20)30)14-24(35-25)23(12-16-4-2-1-3-5-16)31-27(34)18-8-6-17(15-29)7-9-18/h1-5,10-11,13-14,17-18,23H,6-9,12,15,29H2,(H,31,34)(H3,30,32,33)/t17-,18-,23?. The molecule has 182 valence electrons. The molecule has 1 atom stereocenters. The first kappa shape index (κ1) is 23.9. The van der Waals surface area contributed by atoms with E-state index in [2.05, 4.69) is 33.7 Å². The van der Waals surface area contributed by atoms with Crippen LogP contribution < -0.4 is 16.8 Å². The van der Waals surface area contributed by atoms with Gasteiger partial charge in [0.25, 0.3) is 0 Å². The Morgan fingerprint density at radius 2 is 1.91 bits per heavy atom. The number of fused-ring (bicyclic) bond motifs is 1. The van der Waals surface area contributed by atoms with Gasteiger partial charge in [0, 0.05) is 21.7 Å². The molecule has 1 fully saturated rings. The van der Waals surface area contributed by atoms with Crippen LogP contribution in [0.15, 0.2) is 54.6 Å². The molecule has 4 aromatic rings. The van der Waals surface area contributed by atoms with Crippen LogP contribution >= 0.6 is 22.9 Å². The van der Waals surface area contributed by atoms with E-state index in [0.717, 1.165) is 52.6 Å². The highest BCUT2D eigenvalue weighted by molar-refractivity contribution is 7.16. The fourth-order valence-corrected chi connectivity index (χ4v) is 6.37. The van der Waals surface area contributed by atoms with E-state index < -0.39 is 0 Å². The maximum atomic E-state index is 13.3. The zero-order valence-corrected chi connectivity index (χ0v) is 21.0. The molecule has 6 N–H and O–H groups in total. The number of thiophene rings is 1. The second kappa shape index (κ2) is 10.4. The highest BCUT2D eigenvalue weighted by Gasteiger charge is 2.28. The van der Waals surface area contributed by atoms with Crippen LogP contribution in [-0.2, 0) is 11.2 Å². The zero-order chi connectivity index (χ0) is 24.4. The van der Waals surface area contributed by atoms with Crippen molar-refractivity contribution in [2.45, 2.75) is 38.1 Å². The van der Waals surface area contributed by atoms with E-state index in [1.807, 2.05) is 36.4 Å². The Morgan fingerprint density at radius 3 is 2.66 bits per heavy atom. The van der Waals surface area contributed by atoms with Crippen LogP contribution in [0.5, 0.6) is 0 Å². The molecule has 1 unspecified atom stereocenters. The Balaban J connectivity index is 1.41. The topological polar surface area (TPSA) is 110 Å². The van der Waals surface area contributed by atoms with Gasteiger partial charge in [-0.3, -0.25) is 9.89 Å². The Labute approximate surface area is 214 Å². The monoisotopic (exact) mass is 507 g/mol. The molecule has 0 aliphatic heterocycles. The van der Waals surface area contributed by atoms with Gasteiger partial charge in [-0.1, -0.05) is 48.0 Å². The molecule has 1 amide bonds. The third-order valence-electron chi connectivity index (χ3n) is 7.10. The highest BCUT2D eigenvalue weighted by atomic mass is 35.5. The third-order valence-corrected chi connectivity index (χ3v) is 8.57. The predicted molar refractivity (Wildman–Crippen MR) is 144 cm³/mol. The van der Waals surface area contributed by atoms with E-state index in [-0.39, 0.29) is 17.9 Å². The maximum Gasteiger partial charge on any atom is 0.223 e. The van der Waals surface area contributed by atoms with Crippen molar-refractivity contribution in [1.29, 1.82) is 0 Å². The van der Waals surface area contributed by atoms with Crippen molar-refractivity contribution < 1.29 is 4.79 Å². The Morgan fingerprint density at radius 1 is 1.14 bits per heavy atom. The molecule has 0 spiro atoms. The molecule has 2 heterocycles. The average molecular weight is 508 g/mol. The molecule has 0 bridgehead atoms. The number of carbonyl (C=O) groups excluding carboxylic acids is 1. The molecule has 35 heavy (non-hydrogen) atoms. The van der Waals surface area contributed by atoms with Gasteiger partial charge in [0.05, 0.1) is 11.6 Å². The zero-order valence-electron chi connectivity index (χ0n) is 19.5. The Kier molecular flexibility index (Phi) is 7.09. The van der Waals surface area contributed by atoms with E-state index in [4.69, 9.17) is 23.1 Å². The SMILES string of the molecule is NC[C@H]1CC[C@H](C(=O)NC(Cc2ccccc2)c2cc(-c3ccc4c(N)n[nH]c4c3)c(Cl)s2)CC1. The van der Waals surface area contributed by atoms with E-state index in [1.165, 1.54) is 16.9 Å². The van der Waals surface area contributed by atoms with Gasteiger partial charge in [0.15, 0.2) is 5.82 Å². The van der Waals surface area contributed by atoms with E-state index in [0.29, 0.717) is 29.0 Å². The van der Waals surface area contributed by atoms with Gasteiger partial charge in [0.1, 0.15) is 4.34 Å². The van der Waals surface area contributed by atoms with E-state index in [1.54, 1.807) is 0 Å². The first-order valence-corrected chi connectivity index (χ1v) is 13.3. The number of aromatic amines is 1. The second-order valence-electron chi connectivity index (χ2n) is 9.41. The molecule has 6 nitrogen and oxygen atoms in total. The number of anilines is 1. The van der Waals surface area contributed by atoms with Crippen LogP contribution in [0.4, 0.5) is 5.82 Å². The van der Waals surface area contributed by atoms with Gasteiger partial charge in [-0.2, -0.15) is 5.10 Å². The van der Waals surface area contributed by atoms with Crippen molar-refractivity contribution in [2.24, 2.45) is 17.6 Å². The number of carbonyl (C=O) groups is 1. The van der Waals surface area contributed by atoms with Crippen molar-refractivity contribution in [3.8, 4) is 11.1 Å². The molecule has 2 aromatic carbocycles. The summed E-state index contributed by atoms with van der Waals surface area (Å²) in [6.45, 7) is 0.707. The molecular weight excluding hydrogens is 478 g/mol. The number of rotatable bonds is 7. The number of nitrogens with two attached hydrogens (primary N) is 2. The lowest BCUT2D eigenvalue weighted by Crippen LogP contribution is -2.37. The third kappa shape index (κ3) is 5.22. The minimum atomic E-state index is -0.153. The molecule has 1 aliphatic rings. The molecule has 0 radical (unpaired) electrons. The summed E-state index contributed by atoms with van der Waals surface area (Å²) >= 11 is 8.27. The first-order valence-electron chi connectivity index (χ1n) is 12.1. The van der Waals surface area contributed by atoms with E-state index >= 15 is 0 Å². The first-order chi connectivity index (χ1) is 17.0. The Hall–Kier alpha value is -2.87. The normalized spacial score (nSPS) is 19.0. The van der Waals surface area contributed by atoms with Crippen molar-refractivity contribution in [2.75, 3.05) is 12.3 Å². The lowest BCUT2D eigenvalue weighted by Gasteiger charge is -2.28. The summed E-state index contributed by atoms with van der Waals surface area (Å²) in [5, 5.41) is 11.3. The van der Waals surface area contributed by atoms with Crippen LogP contribution in [0.1, 0.15) is 42.2 Å². The summed E-state index contributed by atoms with van der Waals surface area (Å²) in [5.41, 5.74) is 15.7. The fraction of sp³-hybridized carbons (Fsp3) is 0.333. The van der Waals surface area contributed by atoms with Crippen molar-refractivity contribution in [3.05, 3.63) is 69.4 Å². The lowest BCUT2D eigenvalue weighted by molar-refractivity contribution is -0.127. The number of amides is 1. The number of hydrogen-bond donors (Lipinski definition) is 4. The summed E-state index contributed by atoms with van der Waals surface area (Å²) in [7, 11) is 0.